The number of aromatic nitrogens is 1. The topological polar surface area (TPSA) is 72.9 Å². The number of hydrogen-bond donors (Lipinski definition) is 2. The van der Waals surface area contributed by atoms with E-state index in [1.807, 2.05) is 42.1 Å². The number of rotatable bonds is 7. The summed E-state index contributed by atoms with van der Waals surface area (Å²) in [6.07, 6.45) is 3.74. The average molecular weight is 516 g/mol. The number of likely N-dealkylation sites (tertiary alicyclic amines) is 1. The Morgan fingerprint density at radius 2 is 1.93 bits per heavy atom. The largest absolute Gasteiger partial charge is 0.363 e. The minimum atomic E-state index is 0. The number of carbonyl (C=O) groups excluding carboxylic acids is 1. The number of pyridine rings is 1. The van der Waals surface area contributed by atoms with Crippen molar-refractivity contribution in [3.8, 4) is 0 Å². The summed E-state index contributed by atoms with van der Waals surface area (Å²) in [6.45, 7) is 6.44. The third-order valence-electron chi connectivity index (χ3n) is 5.39. The number of nitrogens with zero attached hydrogens (tertiary/aromatic N) is 4. The van der Waals surface area contributed by atoms with Gasteiger partial charge >= 0.3 is 0 Å². The first kappa shape index (κ1) is 25.5. The van der Waals surface area contributed by atoms with Crippen molar-refractivity contribution in [1.29, 1.82) is 0 Å². The van der Waals surface area contributed by atoms with Crippen LogP contribution >= 0.6 is 24.0 Å². The fraction of sp³-hybridized carbons (Fsp3) is 0.667. The van der Waals surface area contributed by atoms with Crippen molar-refractivity contribution in [2.45, 2.75) is 52.1 Å². The molecule has 1 aromatic rings. The Morgan fingerprint density at radius 1 is 1.28 bits per heavy atom. The highest BCUT2D eigenvalue weighted by Gasteiger charge is 2.26. The number of nitrogens with one attached hydrogen (secondary N) is 2. The molecule has 0 atom stereocenters. The molecule has 1 aromatic heterocycles. The number of amides is 1. The van der Waals surface area contributed by atoms with Crippen molar-refractivity contribution in [3.63, 3.8) is 0 Å². The maximum absolute atomic E-state index is 12.5. The molecule has 2 rings (SSSR count). The van der Waals surface area contributed by atoms with Gasteiger partial charge in [0.2, 0.25) is 5.91 Å². The molecule has 29 heavy (non-hydrogen) atoms. The van der Waals surface area contributed by atoms with E-state index in [0.717, 1.165) is 56.2 Å². The first-order valence-corrected chi connectivity index (χ1v) is 10.4. The lowest BCUT2D eigenvalue weighted by Crippen LogP contribution is -2.50. The summed E-state index contributed by atoms with van der Waals surface area (Å²) in [5.41, 5.74) is 0.972. The Balaban J connectivity index is 0.00000420. The Hall–Kier alpha value is -1.58. The molecule has 0 bridgehead atoms. The van der Waals surface area contributed by atoms with Gasteiger partial charge < -0.3 is 20.4 Å². The lowest BCUT2D eigenvalue weighted by molar-refractivity contribution is -0.136. The van der Waals surface area contributed by atoms with Crippen LogP contribution in [-0.4, -0.2) is 62.0 Å². The van der Waals surface area contributed by atoms with Crippen molar-refractivity contribution in [1.82, 2.24) is 20.5 Å². The quantitative estimate of drug-likeness (QED) is 0.332. The van der Waals surface area contributed by atoms with Crippen molar-refractivity contribution in [2.75, 3.05) is 39.1 Å². The molecular formula is C21H37IN6O. The smallest absolute Gasteiger partial charge is 0.225 e. The molecule has 1 saturated heterocycles. The van der Waals surface area contributed by atoms with E-state index in [1.165, 1.54) is 0 Å². The zero-order valence-electron chi connectivity index (χ0n) is 18.4. The summed E-state index contributed by atoms with van der Waals surface area (Å²) < 4.78 is 0. The van der Waals surface area contributed by atoms with Gasteiger partial charge in [0.15, 0.2) is 5.96 Å². The van der Waals surface area contributed by atoms with E-state index < -0.39 is 0 Å². The predicted octanol–water partition coefficient (Wildman–Crippen LogP) is 2.86. The zero-order valence-corrected chi connectivity index (χ0v) is 20.8. The maximum atomic E-state index is 12.5. The lowest BCUT2D eigenvalue weighted by Gasteiger charge is -2.34. The van der Waals surface area contributed by atoms with E-state index in [1.54, 1.807) is 7.05 Å². The molecule has 8 heteroatoms. The first-order chi connectivity index (χ1) is 13.5. The molecule has 1 amide bonds. The Bertz CT molecular complexity index is 654. The highest BCUT2D eigenvalue weighted by Crippen LogP contribution is 2.17. The molecule has 0 spiro atoms. The molecule has 2 heterocycles. The van der Waals surface area contributed by atoms with E-state index in [-0.39, 0.29) is 29.9 Å². The minimum Gasteiger partial charge on any atom is -0.363 e. The third-order valence-corrected chi connectivity index (χ3v) is 5.39. The first-order valence-electron chi connectivity index (χ1n) is 10.4. The van der Waals surface area contributed by atoms with Crippen LogP contribution in [-0.2, 0) is 11.3 Å². The molecule has 1 aliphatic heterocycles. The number of anilines is 1. The van der Waals surface area contributed by atoms with Gasteiger partial charge in [-0.2, -0.15) is 0 Å². The number of halogens is 1. The second-order valence-electron chi connectivity index (χ2n) is 7.56. The van der Waals surface area contributed by atoms with Crippen LogP contribution in [0.4, 0.5) is 5.82 Å². The van der Waals surface area contributed by atoms with E-state index >= 15 is 0 Å². The van der Waals surface area contributed by atoms with Crippen LogP contribution in [0.25, 0.3) is 0 Å². The molecule has 0 aromatic carbocycles. The molecule has 1 fully saturated rings. The van der Waals surface area contributed by atoms with Crippen LogP contribution in [0.3, 0.4) is 0 Å². The highest BCUT2D eigenvalue weighted by molar-refractivity contribution is 14.0. The van der Waals surface area contributed by atoms with Crippen LogP contribution < -0.4 is 15.5 Å². The van der Waals surface area contributed by atoms with E-state index in [4.69, 9.17) is 0 Å². The van der Waals surface area contributed by atoms with Gasteiger partial charge in [-0.15, -0.1) is 24.0 Å². The van der Waals surface area contributed by atoms with Gasteiger partial charge in [-0.25, -0.2) is 4.98 Å². The molecule has 2 N–H and O–H groups in total. The van der Waals surface area contributed by atoms with Gasteiger partial charge in [-0.05, 0) is 37.8 Å². The van der Waals surface area contributed by atoms with Gasteiger partial charge in [-0.1, -0.05) is 19.9 Å². The van der Waals surface area contributed by atoms with Crippen molar-refractivity contribution < 1.29 is 4.79 Å². The number of piperidine rings is 1. The maximum Gasteiger partial charge on any atom is 0.225 e. The number of guanidine groups is 1. The normalized spacial score (nSPS) is 15.1. The Labute approximate surface area is 192 Å². The van der Waals surface area contributed by atoms with E-state index in [9.17, 15) is 4.79 Å². The second kappa shape index (κ2) is 12.9. The fourth-order valence-corrected chi connectivity index (χ4v) is 3.52. The monoisotopic (exact) mass is 516 g/mol. The van der Waals surface area contributed by atoms with Gasteiger partial charge in [0.1, 0.15) is 5.82 Å². The third kappa shape index (κ3) is 7.64. The molecule has 0 aliphatic carbocycles. The SMILES string of the molecule is CCC(CC)C(=O)N1CCC(NC(=NC)NCc2cccc(N(C)C)n2)CC1.I. The van der Waals surface area contributed by atoms with Crippen molar-refractivity contribution in [3.05, 3.63) is 23.9 Å². The molecule has 7 nitrogen and oxygen atoms in total. The summed E-state index contributed by atoms with van der Waals surface area (Å²) in [4.78, 5) is 25.5. The molecule has 1 aliphatic rings. The fourth-order valence-electron chi connectivity index (χ4n) is 3.52. The number of hydrogen-bond acceptors (Lipinski definition) is 4. The summed E-state index contributed by atoms with van der Waals surface area (Å²) in [7, 11) is 5.76. The van der Waals surface area contributed by atoms with Crippen LogP contribution in [0.5, 0.6) is 0 Å². The molecule has 0 unspecified atom stereocenters. The standard InChI is InChI=1S/C21H36N6O.HI/c1-6-16(7-2)20(28)27-13-11-17(12-14-27)25-21(22-3)23-15-18-9-8-10-19(24-18)26(4)5;/h8-10,16-17H,6-7,11-15H2,1-5H3,(H2,22,23,25);1H. The molecule has 0 radical (unpaired) electrons. The summed E-state index contributed by atoms with van der Waals surface area (Å²) in [6, 6.07) is 6.35. The van der Waals surface area contributed by atoms with Gasteiger partial charge in [0.05, 0.1) is 12.2 Å². The van der Waals surface area contributed by atoms with Crippen molar-refractivity contribution in [2.24, 2.45) is 10.9 Å². The van der Waals surface area contributed by atoms with Crippen LogP contribution in [0.15, 0.2) is 23.2 Å². The van der Waals surface area contributed by atoms with Gasteiger partial charge in [0, 0.05) is 46.2 Å². The molecular weight excluding hydrogens is 479 g/mol. The summed E-state index contributed by atoms with van der Waals surface area (Å²) >= 11 is 0. The Morgan fingerprint density at radius 3 is 2.48 bits per heavy atom. The predicted molar refractivity (Wildman–Crippen MR) is 131 cm³/mol. The number of aliphatic imine (C=N–C) groups is 1. The van der Waals surface area contributed by atoms with Gasteiger partial charge in [0.25, 0.3) is 0 Å². The van der Waals surface area contributed by atoms with E-state index in [2.05, 4.69) is 34.5 Å². The Kier molecular flexibility index (Phi) is 11.3. The van der Waals surface area contributed by atoms with Crippen LogP contribution in [0.1, 0.15) is 45.2 Å². The van der Waals surface area contributed by atoms with Gasteiger partial charge in [-0.3, -0.25) is 9.79 Å². The minimum absolute atomic E-state index is 0. The highest BCUT2D eigenvalue weighted by atomic mass is 127. The van der Waals surface area contributed by atoms with E-state index in [0.29, 0.717) is 18.5 Å². The summed E-state index contributed by atoms with van der Waals surface area (Å²) in [5, 5.41) is 6.84. The lowest BCUT2D eigenvalue weighted by atomic mass is 9.98. The average Bonchev–Trinajstić information content (AvgIpc) is 2.72. The van der Waals surface area contributed by atoms with Crippen molar-refractivity contribution >= 4 is 41.7 Å². The van der Waals surface area contributed by atoms with Crippen LogP contribution in [0, 0.1) is 5.92 Å². The second-order valence-corrected chi connectivity index (χ2v) is 7.56. The zero-order chi connectivity index (χ0) is 20.5. The molecule has 0 saturated carbocycles. The van der Waals surface area contributed by atoms with Crippen LogP contribution in [0.2, 0.25) is 0 Å². The summed E-state index contributed by atoms with van der Waals surface area (Å²) in [5.74, 6) is 2.21. The molecule has 164 valence electrons. The number of carbonyl (C=O) groups is 1.